The van der Waals surface area contributed by atoms with Crippen molar-refractivity contribution in [3.8, 4) is 0 Å². The maximum atomic E-state index is 12.6. The van der Waals surface area contributed by atoms with Crippen molar-refractivity contribution in [2.75, 3.05) is 25.0 Å². The van der Waals surface area contributed by atoms with Crippen LogP contribution in [0, 0.1) is 16.0 Å². The molecule has 0 saturated carbocycles. The summed E-state index contributed by atoms with van der Waals surface area (Å²) in [6, 6.07) is 13.5. The first kappa shape index (κ1) is 20.3. The smallest absolute Gasteiger partial charge is 0.306 e. The number of piperidine rings is 1. The molecule has 1 heterocycles. The Balaban J connectivity index is 1.67. The van der Waals surface area contributed by atoms with Crippen molar-refractivity contribution < 1.29 is 19.6 Å². The molecule has 0 radical (unpaired) electrons. The number of hydrogen-bond acceptors (Lipinski definition) is 5. The third kappa shape index (κ3) is 4.90. The third-order valence-corrected chi connectivity index (χ3v) is 5.19. The first-order chi connectivity index (χ1) is 13.8. The van der Waals surface area contributed by atoms with E-state index >= 15 is 0 Å². The monoisotopic (exact) mass is 397 g/mol. The van der Waals surface area contributed by atoms with E-state index in [1.807, 2.05) is 24.3 Å². The first-order valence-corrected chi connectivity index (χ1v) is 9.42. The number of hydrogen-bond donors (Lipinski definition) is 1. The third-order valence-electron chi connectivity index (χ3n) is 5.19. The SMILES string of the molecule is CN(Cc1cccc(N2CCC(C(=O)O)CC2)c1)C(=O)c1cccc([N+](=O)[O-])c1. The average Bonchev–Trinajstić information content (AvgIpc) is 2.73. The molecule has 0 aromatic heterocycles. The van der Waals surface area contributed by atoms with E-state index in [0.717, 1.165) is 11.3 Å². The van der Waals surface area contributed by atoms with E-state index in [0.29, 0.717) is 32.5 Å². The number of aliphatic carboxylic acids is 1. The Kier molecular flexibility index (Phi) is 6.11. The quantitative estimate of drug-likeness (QED) is 0.593. The van der Waals surface area contributed by atoms with Gasteiger partial charge in [-0.1, -0.05) is 18.2 Å². The number of rotatable bonds is 6. The predicted octanol–water partition coefficient (Wildman–Crippen LogP) is 3.17. The van der Waals surface area contributed by atoms with Crippen molar-refractivity contribution in [2.45, 2.75) is 19.4 Å². The van der Waals surface area contributed by atoms with Gasteiger partial charge in [-0.15, -0.1) is 0 Å². The molecule has 0 spiro atoms. The second-order valence-corrected chi connectivity index (χ2v) is 7.24. The van der Waals surface area contributed by atoms with E-state index in [9.17, 15) is 19.7 Å². The molecular weight excluding hydrogens is 374 g/mol. The van der Waals surface area contributed by atoms with Crippen LogP contribution in [0.3, 0.4) is 0 Å². The number of carboxylic acid groups (broad SMARTS) is 1. The topological polar surface area (TPSA) is 104 Å². The molecule has 1 N–H and O–H groups in total. The minimum absolute atomic E-state index is 0.115. The number of non-ortho nitro benzene ring substituents is 1. The summed E-state index contributed by atoms with van der Waals surface area (Å²) in [4.78, 5) is 37.9. The summed E-state index contributed by atoms with van der Waals surface area (Å²) in [7, 11) is 1.66. The normalized spacial score (nSPS) is 14.4. The molecule has 152 valence electrons. The molecule has 2 aromatic rings. The van der Waals surface area contributed by atoms with Crippen molar-refractivity contribution in [2.24, 2.45) is 5.92 Å². The lowest BCUT2D eigenvalue weighted by atomic mass is 9.96. The van der Waals surface area contributed by atoms with Gasteiger partial charge in [-0.25, -0.2) is 0 Å². The molecule has 0 atom stereocenters. The Morgan fingerprint density at radius 3 is 2.52 bits per heavy atom. The van der Waals surface area contributed by atoms with Gasteiger partial charge in [0.15, 0.2) is 0 Å². The summed E-state index contributed by atoms with van der Waals surface area (Å²) < 4.78 is 0. The van der Waals surface area contributed by atoms with Gasteiger partial charge in [0.25, 0.3) is 11.6 Å². The molecule has 0 bridgehead atoms. The second-order valence-electron chi connectivity index (χ2n) is 7.24. The van der Waals surface area contributed by atoms with Crippen molar-refractivity contribution in [1.82, 2.24) is 4.90 Å². The summed E-state index contributed by atoms with van der Waals surface area (Å²) in [5, 5.41) is 20.1. The van der Waals surface area contributed by atoms with Gasteiger partial charge in [0.2, 0.25) is 0 Å². The Labute approximate surface area is 168 Å². The number of carbonyl (C=O) groups is 2. The fraction of sp³-hybridized carbons (Fsp3) is 0.333. The van der Waals surface area contributed by atoms with Crippen LogP contribution in [0.25, 0.3) is 0 Å². The Hall–Kier alpha value is -3.42. The highest BCUT2D eigenvalue weighted by Gasteiger charge is 2.24. The van der Waals surface area contributed by atoms with Crippen molar-refractivity contribution >= 4 is 23.3 Å². The molecule has 29 heavy (non-hydrogen) atoms. The zero-order chi connectivity index (χ0) is 21.0. The molecule has 1 fully saturated rings. The maximum Gasteiger partial charge on any atom is 0.306 e. The minimum Gasteiger partial charge on any atom is -0.481 e. The van der Waals surface area contributed by atoms with Crippen LogP contribution in [-0.2, 0) is 11.3 Å². The van der Waals surface area contributed by atoms with Gasteiger partial charge in [0.1, 0.15) is 0 Å². The van der Waals surface area contributed by atoms with Gasteiger partial charge < -0.3 is 14.9 Å². The minimum atomic E-state index is -0.736. The lowest BCUT2D eigenvalue weighted by Gasteiger charge is -2.32. The number of benzene rings is 2. The van der Waals surface area contributed by atoms with Gasteiger partial charge in [-0.05, 0) is 36.6 Å². The van der Waals surface area contributed by atoms with Crippen molar-refractivity contribution in [1.29, 1.82) is 0 Å². The van der Waals surface area contributed by atoms with Crippen LogP contribution in [-0.4, -0.2) is 46.9 Å². The highest BCUT2D eigenvalue weighted by molar-refractivity contribution is 5.94. The first-order valence-electron chi connectivity index (χ1n) is 9.42. The standard InChI is InChI=1S/C21H23N3O5/c1-22(20(25)17-5-3-7-19(13-17)24(28)29)14-15-4-2-6-18(12-15)23-10-8-16(9-11-23)21(26)27/h2-7,12-13,16H,8-11,14H2,1H3,(H,26,27). The average molecular weight is 397 g/mol. The molecular formula is C21H23N3O5. The number of carbonyl (C=O) groups excluding carboxylic acids is 1. The van der Waals surface area contributed by atoms with Crippen LogP contribution in [0.4, 0.5) is 11.4 Å². The van der Waals surface area contributed by atoms with E-state index in [4.69, 9.17) is 5.11 Å². The lowest BCUT2D eigenvalue weighted by molar-refractivity contribution is -0.384. The number of nitro benzene ring substituents is 1. The largest absolute Gasteiger partial charge is 0.481 e. The fourth-order valence-electron chi connectivity index (χ4n) is 3.55. The zero-order valence-electron chi connectivity index (χ0n) is 16.2. The van der Waals surface area contributed by atoms with Crippen LogP contribution in [0.5, 0.6) is 0 Å². The molecule has 1 amide bonds. The van der Waals surface area contributed by atoms with E-state index in [2.05, 4.69) is 4.90 Å². The maximum absolute atomic E-state index is 12.6. The number of anilines is 1. The highest BCUT2D eigenvalue weighted by atomic mass is 16.6. The van der Waals surface area contributed by atoms with Crippen molar-refractivity contribution in [3.05, 3.63) is 69.8 Å². The van der Waals surface area contributed by atoms with Gasteiger partial charge in [0, 0.05) is 50.1 Å². The molecule has 0 aliphatic carbocycles. The molecule has 0 unspecified atom stereocenters. The molecule has 3 rings (SSSR count). The van der Waals surface area contributed by atoms with Gasteiger partial charge in [-0.3, -0.25) is 19.7 Å². The van der Waals surface area contributed by atoms with E-state index in [1.54, 1.807) is 13.1 Å². The highest BCUT2D eigenvalue weighted by Crippen LogP contribution is 2.25. The van der Waals surface area contributed by atoms with Crippen molar-refractivity contribution in [3.63, 3.8) is 0 Å². The van der Waals surface area contributed by atoms with Gasteiger partial charge in [-0.2, -0.15) is 0 Å². The number of amides is 1. The van der Waals surface area contributed by atoms with E-state index in [1.165, 1.54) is 23.1 Å². The summed E-state index contributed by atoms with van der Waals surface area (Å²) >= 11 is 0. The predicted molar refractivity (Wildman–Crippen MR) is 108 cm³/mol. The summed E-state index contributed by atoms with van der Waals surface area (Å²) in [5.41, 5.74) is 2.09. The molecule has 8 heteroatoms. The number of nitro groups is 1. The summed E-state index contributed by atoms with van der Waals surface area (Å²) in [6.07, 6.45) is 1.23. The Morgan fingerprint density at radius 2 is 1.86 bits per heavy atom. The molecule has 1 aliphatic rings. The lowest BCUT2D eigenvalue weighted by Crippen LogP contribution is -2.36. The van der Waals surface area contributed by atoms with E-state index in [-0.39, 0.29) is 23.1 Å². The van der Waals surface area contributed by atoms with Crippen LogP contribution < -0.4 is 4.90 Å². The van der Waals surface area contributed by atoms with E-state index < -0.39 is 10.9 Å². The van der Waals surface area contributed by atoms with Gasteiger partial charge in [0.05, 0.1) is 10.8 Å². The Morgan fingerprint density at radius 1 is 1.17 bits per heavy atom. The summed E-state index contributed by atoms with van der Waals surface area (Å²) in [6.45, 7) is 1.73. The van der Waals surface area contributed by atoms with Crippen LogP contribution in [0.1, 0.15) is 28.8 Å². The fourth-order valence-corrected chi connectivity index (χ4v) is 3.55. The number of nitrogens with zero attached hydrogens (tertiary/aromatic N) is 3. The molecule has 1 saturated heterocycles. The number of carboxylic acids is 1. The van der Waals surface area contributed by atoms with Gasteiger partial charge >= 0.3 is 5.97 Å². The van der Waals surface area contributed by atoms with Crippen LogP contribution in [0.15, 0.2) is 48.5 Å². The second kappa shape index (κ2) is 8.72. The molecule has 1 aliphatic heterocycles. The molecule has 2 aromatic carbocycles. The van der Waals surface area contributed by atoms with Crippen LogP contribution in [0.2, 0.25) is 0 Å². The zero-order valence-corrected chi connectivity index (χ0v) is 16.2. The van der Waals surface area contributed by atoms with Crippen LogP contribution >= 0.6 is 0 Å². The molecule has 8 nitrogen and oxygen atoms in total. The summed E-state index contributed by atoms with van der Waals surface area (Å²) in [5.74, 6) is -1.31. The Bertz CT molecular complexity index is 922.